The van der Waals surface area contributed by atoms with Crippen molar-refractivity contribution < 1.29 is 19.0 Å². The van der Waals surface area contributed by atoms with E-state index in [0.717, 1.165) is 38.0 Å². The molecule has 32 heavy (non-hydrogen) atoms. The molecule has 1 amide bonds. The second kappa shape index (κ2) is 9.40. The van der Waals surface area contributed by atoms with Crippen molar-refractivity contribution in [1.29, 1.82) is 0 Å². The zero-order valence-corrected chi connectivity index (χ0v) is 18.9. The number of sulfone groups is 1. The summed E-state index contributed by atoms with van der Waals surface area (Å²) in [6.45, 7) is 2.16. The van der Waals surface area contributed by atoms with Crippen molar-refractivity contribution in [1.82, 2.24) is 15.3 Å². The van der Waals surface area contributed by atoms with Crippen LogP contribution in [0.5, 0.6) is 0 Å². The van der Waals surface area contributed by atoms with Gasteiger partial charge in [-0.05, 0) is 37.1 Å². The Kier molecular flexibility index (Phi) is 6.59. The summed E-state index contributed by atoms with van der Waals surface area (Å²) in [7, 11) is -3.45. The van der Waals surface area contributed by atoms with Gasteiger partial charge in [-0.3, -0.25) is 4.79 Å². The molecule has 0 atom stereocenters. The average Bonchev–Trinajstić information content (AvgIpc) is 2.79. The summed E-state index contributed by atoms with van der Waals surface area (Å²) in [6.07, 6.45) is 8.17. The smallest absolute Gasteiger partial charge is 0.270 e. The van der Waals surface area contributed by atoms with Crippen LogP contribution in [0.4, 0.5) is 16.0 Å². The van der Waals surface area contributed by atoms with Crippen molar-refractivity contribution in [2.75, 3.05) is 42.2 Å². The Hall–Kier alpha value is -2.75. The zero-order chi connectivity index (χ0) is 22.7. The first-order valence-corrected chi connectivity index (χ1v) is 12.8. The number of aromatic nitrogens is 2. The fraction of sp³-hybridized carbons (Fsp3) is 0.500. The van der Waals surface area contributed by atoms with Crippen LogP contribution in [0, 0.1) is 5.82 Å². The molecule has 1 aromatic heterocycles. The average molecular weight is 464 g/mol. The third-order valence-electron chi connectivity index (χ3n) is 6.07. The minimum Gasteiger partial charge on any atom is -0.366 e. The molecule has 1 aliphatic carbocycles. The first-order chi connectivity index (χ1) is 15.3. The lowest BCUT2D eigenvalue weighted by Crippen LogP contribution is -2.47. The number of amides is 1. The van der Waals surface area contributed by atoms with E-state index in [4.69, 9.17) is 0 Å². The molecule has 1 saturated heterocycles. The van der Waals surface area contributed by atoms with E-state index >= 15 is 0 Å². The normalized spacial score (nSPS) is 17.9. The Morgan fingerprint density at radius 2 is 1.78 bits per heavy atom. The molecule has 0 bridgehead atoms. The highest BCUT2D eigenvalue weighted by atomic mass is 32.2. The van der Waals surface area contributed by atoms with Crippen molar-refractivity contribution in [3.8, 4) is 0 Å². The van der Waals surface area contributed by atoms with Crippen LogP contribution in [0.3, 0.4) is 0 Å². The second-order valence-corrected chi connectivity index (χ2v) is 10.4. The maximum Gasteiger partial charge on any atom is 0.270 e. The van der Waals surface area contributed by atoms with E-state index in [1.54, 1.807) is 12.3 Å². The van der Waals surface area contributed by atoms with E-state index in [-0.39, 0.29) is 18.3 Å². The zero-order valence-electron chi connectivity index (χ0n) is 18.1. The molecule has 4 rings (SSSR count). The fourth-order valence-corrected chi connectivity index (χ4v) is 4.89. The van der Waals surface area contributed by atoms with E-state index in [1.807, 2.05) is 9.80 Å². The number of piperazine rings is 1. The Labute approximate surface area is 189 Å². The van der Waals surface area contributed by atoms with Crippen molar-refractivity contribution in [3.63, 3.8) is 0 Å². The molecule has 0 radical (unpaired) electrons. The van der Waals surface area contributed by atoms with Crippen molar-refractivity contribution in [3.05, 3.63) is 42.0 Å². The molecule has 1 saturated carbocycles. The molecule has 2 fully saturated rings. The third kappa shape index (κ3) is 5.17. The van der Waals surface area contributed by atoms with Gasteiger partial charge < -0.3 is 15.1 Å². The van der Waals surface area contributed by atoms with E-state index in [1.165, 1.54) is 18.6 Å². The summed E-state index contributed by atoms with van der Waals surface area (Å²) < 4.78 is 37.8. The van der Waals surface area contributed by atoms with Crippen LogP contribution in [0.25, 0.3) is 0 Å². The number of hydrogen-bond donors (Lipinski definition) is 1. The lowest BCUT2D eigenvalue weighted by Gasteiger charge is -2.36. The number of anilines is 2. The van der Waals surface area contributed by atoms with E-state index in [9.17, 15) is 17.6 Å². The van der Waals surface area contributed by atoms with Crippen LogP contribution >= 0.6 is 0 Å². The molecule has 1 N–H and O–H groups in total. The molecule has 2 heterocycles. The predicted octanol–water partition coefficient (Wildman–Crippen LogP) is 2.65. The molecule has 10 heteroatoms. The van der Waals surface area contributed by atoms with Gasteiger partial charge in [0.2, 0.25) is 5.95 Å². The number of nitrogens with one attached hydrogen (secondary N) is 1. The van der Waals surface area contributed by atoms with Gasteiger partial charge in [-0.15, -0.1) is 0 Å². The Balaban J connectivity index is 0.00000306. The summed E-state index contributed by atoms with van der Waals surface area (Å²) >= 11 is 0. The summed E-state index contributed by atoms with van der Waals surface area (Å²) in [5.74, 6) is -0.250. The number of halogens is 1. The first kappa shape index (κ1) is 22.4. The van der Waals surface area contributed by atoms with Crippen LogP contribution in [0.1, 0.15) is 44.0 Å². The van der Waals surface area contributed by atoms with E-state index in [0.29, 0.717) is 43.5 Å². The number of nitrogens with zero attached hydrogens (tertiary/aromatic N) is 4. The number of benzene rings is 1. The summed E-state index contributed by atoms with van der Waals surface area (Å²) in [5.41, 5.74) is 0.726. The van der Waals surface area contributed by atoms with Crippen molar-refractivity contribution in [2.45, 2.75) is 43.0 Å². The number of rotatable bonds is 5. The molecule has 8 nitrogen and oxygen atoms in total. The summed E-state index contributed by atoms with van der Waals surface area (Å²) in [6, 6.07) is 5.83. The minimum atomic E-state index is -3.45. The molecule has 0 unspecified atom stereocenters. The minimum absolute atomic E-state index is 0. The third-order valence-corrected chi connectivity index (χ3v) is 7.18. The first-order valence-electron chi connectivity index (χ1n) is 10.9. The maximum atomic E-state index is 14.5. The van der Waals surface area contributed by atoms with Gasteiger partial charge in [0, 0.05) is 46.1 Å². The Bertz CT molecular complexity index is 1090. The van der Waals surface area contributed by atoms with Gasteiger partial charge >= 0.3 is 0 Å². The molecular formula is C22H30FN5O3S. The number of carbonyl (C=O) groups excluding carboxylic acids is 1. The molecule has 0 spiro atoms. The van der Waals surface area contributed by atoms with Crippen LogP contribution in [-0.4, -0.2) is 62.8 Å². The van der Waals surface area contributed by atoms with Gasteiger partial charge in [0.25, 0.3) is 5.91 Å². The number of carbonyl (C=O) groups is 1. The van der Waals surface area contributed by atoms with Crippen LogP contribution in [-0.2, 0) is 9.84 Å². The molecule has 1 aromatic carbocycles. The van der Waals surface area contributed by atoms with Crippen LogP contribution in [0.2, 0.25) is 0 Å². The van der Waals surface area contributed by atoms with Gasteiger partial charge in [-0.1, -0.05) is 19.3 Å². The number of hydrogen-bond acceptors (Lipinski definition) is 7. The fourth-order valence-electron chi connectivity index (χ4n) is 4.26. The molecule has 1 aliphatic heterocycles. The highest BCUT2D eigenvalue weighted by Gasteiger charge is 2.23. The largest absolute Gasteiger partial charge is 0.366 e. The Morgan fingerprint density at radius 1 is 1.09 bits per heavy atom. The Morgan fingerprint density at radius 3 is 2.44 bits per heavy atom. The maximum absolute atomic E-state index is 14.5. The van der Waals surface area contributed by atoms with Crippen LogP contribution < -0.4 is 15.1 Å². The van der Waals surface area contributed by atoms with Gasteiger partial charge in [0.05, 0.1) is 10.6 Å². The molecule has 174 valence electrons. The SMILES string of the molecule is CS(=O)(=O)c1ccc(N2CCN(c3nccc(C(=O)NC4CCCCC4)n3)CC2)c(F)c1.[HH]. The lowest BCUT2D eigenvalue weighted by molar-refractivity contribution is 0.0922. The summed E-state index contributed by atoms with van der Waals surface area (Å²) in [4.78, 5) is 25.2. The van der Waals surface area contributed by atoms with E-state index in [2.05, 4.69) is 15.3 Å². The predicted molar refractivity (Wildman–Crippen MR) is 122 cm³/mol. The lowest BCUT2D eigenvalue weighted by atomic mass is 9.95. The molecular weight excluding hydrogens is 433 g/mol. The molecule has 2 aliphatic rings. The van der Waals surface area contributed by atoms with Crippen molar-refractivity contribution in [2.24, 2.45) is 0 Å². The highest BCUT2D eigenvalue weighted by molar-refractivity contribution is 7.90. The van der Waals surface area contributed by atoms with Gasteiger partial charge in [0.1, 0.15) is 11.5 Å². The van der Waals surface area contributed by atoms with Gasteiger partial charge in [0.15, 0.2) is 9.84 Å². The van der Waals surface area contributed by atoms with Gasteiger partial charge in [-0.25, -0.2) is 22.8 Å². The quantitative estimate of drug-likeness (QED) is 0.728. The molecule has 2 aromatic rings. The topological polar surface area (TPSA) is 95.5 Å². The van der Waals surface area contributed by atoms with Crippen LogP contribution in [0.15, 0.2) is 35.4 Å². The second-order valence-electron chi connectivity index (χ2n) is 8.41. The monoisotopic (exact) mass is 463 g/mol. The van der Waals surface area contributed by atoms with Gasteiger partial charge in [-0.2, -0.15) is 0 Å². The van der Waals surface area contributed by atoms with Crippen molar-refractivity contribution >= 4 is 27.4 Å². The summed E-state index contributed by atoms with van der Waals surface area (Å²) in [5, 5.41) is 3.07. The standard InChI is InChI=1S/C22H28FN5O3S.H2/c1-32(30,31)17-7-8-20(18(23)15-17)27-11-13-28(14-12-27)22-24-10-9-19(26-22)21(29)25-16-5-3-2-4-6-16;/h7-10,15-16H,2-6,11-14H2,1H3,(H,25,29);1H. The highest BCUT2D eigenvalue weighted by Crippen LogP contribution is 2.25. The van der Waals surface area contributed by atoms with E-state index < -0.39 is 15.7 Å².